The van der Waals surface area contributed by atoms with E-state index in [-0.39, 0.29) is 42.2 Å². The molecule has 0 spiro atoms. The first-order valence-electron chi connectivity index (χ1n) is 8.31. The van der Waals surface area contributed by atoms with E-state index < -0.39 is 6.61 Å². The molecule has 0 radical (unpaired) electrons. The van der Waals surface area contributed by atoms with Gasteiger partial charge in [0.15, 0.2) is 17.5 Å². The van der Waals surface area contributed by atoms with E-state index in [4.69, 9.17) is 15.2 Å². The van der Waals surface area contributed by atoms with Crippen LogP contribution in [0.4, 0.5) is 8.78 Å². The third-order valence-electron chi connectivity index (χ3n) is 3.78. The Morgan fingerprint density at radius 1 is 1.07 bits per heavy atom. The third-order valence-corrected chi connectivity index (χ3v) is 3.78. The number of nitrogens with one attached hydrogen (secondary N) is 1. The van der Waals surface area contributed by atoms with E-state index in [1.165, 1.54) is 6.07 Å². The minimum atomic E-state index is -2.88. The van der Waals surface area contributed by atoms with Crippen LogP contribution < -0.4 is 25.3 Å². The van der Waals surface area contributed by atoms with Gasteiger partial charge in [0.25, 0.3) is 0 Å². The van der Waals surface area contributed by atoms with Crippen LogP contribution in [0.15, 0.2) is 47.5 Å². The molecule has 0 amide bonds. The van der Waals surface area contributed by atoms with Gasteiger partial charge in [-0.2, -0.15) is 8.78 Å². The van der Waals surface area contributed by atoms with E-state index in [9.17, 15) is 8.78 Å². The predicted molar refractivity (Wildman–Crippen MR) is 115 cm³/mol. The number of ether oxygens (including phenoxy) is 3. The number of benzene rings is 2. The molecule has 0 bridgehead atoms. The molecule has 0 aliphatic heterocycles. The van der Waals surface area contributed by atoms with Gasteiger partial charge in [-0.25, -0.2) is 4.99 Å². The largest absolute Gasteiger partial charge is 0.493 e. The summed E-state index contributed by atoms with van der Waals surface area (Å²) < 4.78 is 39.8. The Balaban J connectivity index is 0.00000392. The Morgan fingerprint density at radius 3 is 2.46 bits per heavy atom. The summed E-state index contributed by atoms with van der Waals surface area (Å²) in [5.74, 6) is 1.64. The van der Waals surface area contributed by atoms with Gasteiger partial charge in [-0.3, -0.25) is 0 Å². The molecular formula is C19H24F2IN3O3. The zero-order valence-electron chi connectivity index (χ0n) is 15.7. The number of nitrogens with two attached hydrogens (primary N) is 1. The van der Waals surface area contributed by atoms with Gasteiger partial charge in [0.1, 0.15) is 5.75 Å². The first-order valence-corrected chi connectivity index (χ1v) is 8.31. The van der Waals surface area contributed by atoms with E-state index in [0.717, 1.165) is 5.56 Å². The molecule has 2 aromatic carbocycles. The SMILES string of the molecule is COc1ccc(CCNC(N)=NCc2ccccc2OC(F)F)cc1OC.I. The standard InChI is InChI=1S/C19H23F2N3O3.HI/c1-25-16-8-7-13(11-17(16)26-2)9-10-23-19(22)24-12-14-5-3-4-6-15(14)27-18(20)21;/h3-8,11,18H,9-10,12H2,1-2H3,(H3,22,23,24);1H. The van der Waals surface area contributed by atoms with Crippen LogP contribution in [0.3, 0.4) is 0 Å². The lowest BCUT2D eigenvalue weighted by atomic mass is 10.1. The Morgan fingerprint density at radius 2 is 1.79 bits per heavy atom. The van der Waals surface area contributed by atoms with E-state index >= 15 is 0 Å². The van der Waals surface area contributed by atoms with Crippen LogP contribution in [-0.4, -0.2) is 33.3 Å². The van der Waals surface area contributed by atoms with Crippen molar-refractivity contribution < 1.29 is 23.0 Å². The number of hydrogen-bond acceptors (Lipinski definition) is 4. The summed E-state index contributed by atoms with van der Waals surface area (Å²) >= 11 is 0. The lowest BCUT2D eigenvalue weighted by Crippen LogP contribution is -2.33. The monoisotopic (exact) mass is 507 g/mol. The molecule has 154 valence electrons. The fraction of sp³-hybridized carbons (Fsp3) is 0.316. The van der Waals surface area contributed by atoms with Gasteiger partial charge in [0, 0.05) is 12.1 Å². The van der Waals surface area contributed by atoms with Crippen LogP contribution in [0.5, 0.6) is 17.2 Å². The van der Waals surface area contributed by atoms with Gasteiger partial charge in [0.2, 0.25) is 0 Å². The number of methoxy groups -OCH3 is 2. The van der Waals surface area contributed by atoms with Gasteiger partial charge in [-0.15, -0.1) is 24.0 Å². The van der Waals surface area contributed by atoms with E-state index in [0.29, 0.717) is 30.0 Å². The fourth-order valence-corrected chi connectivity index (χ4v) is 2.44. The molecule has 0 aliphatic rings. The third kappa shape index (κ3) is 7.37. The van der Waals surface area contributed by atoms with E-state index in [2.05, 4.69) is 15.0 Å². The molecule has 0 atom stereocenters. The van der Waals surface area contributed by atoms with E-state index in [1.807, 2.05) is 18.2 Å². The van der Waals surface area contributed by atoms with Crippen molar-refractivity contribution in [2.24, 2.45) is 10.7 Å². The summed E-state index contributed by atoms with van der Waals surface area (Å²) in [6.07, 6.45) is 0.696. The van der Waals surface area contributed by atoms with Gasteiger partial charge < -0.3 is 25.3 Å². The Bertz CT molecular complexity index is 776. The number of rotatable bonds is 9. The van der Waals surface area contributed by atoms with Gasteiger partial charge >= 0.3 is 6.61 Å². The highest BCUT2D eigenvalue weighted by atomic mass is 127. The second-order valence-corrected chi connectivity index (χ2v) is 5.55. The summed E-state index contributed by atoms with van der Waals surface area (Å²) in [4.78, 5) is 4.17. The predicted octanol–water partition coefficient (Wildman–Crippen LogP) is 3.57. The Labute approximate surface area is 180 Å². The molecule has 0 heterocycles. The Hall–Kier alpha value is -2.30. The fourth-order valence-electron chi connectivity index (χ4n) is 2.44. The lowest BCUT2D eigenvalue weighted by molar-refractivity contribution is -0.0504. The van der Waals surface area contributed by atoms with Crippen LogP contribution in [0.1, 0.15) is 11.1 Å². The molecule has 9 heteroatoms. The van der Waals surface area contributed by atoms with Crippen molar-refractivity contribution in [1.29, 1.82) is 0 Å². The highest BCUT2D eigenvalue weighted by molar-refractivity contribution is 14.0. The first kappa shape index (κ1) is 23.7. The molecule has 2 rings (SSSR count). The average molecular weight is 507 g/mol. The molecule has 6 nitrogen and oxygen atoms in total. The average Bonchev–Trinajstić information content (AvgIpc) is 2.66. The molecule has 0 saturated carbocycles. The minimum absolute atomic E-state index is 0. The van der Waals surface area contributed by atoms with Crippen LogP contribution in [0.2, 0.25) is 0 Å². The maximum absolute atomic E-state index is 12.4. The van der Waals surface area contributed by atoms with Crippen LogP contribution in [0, 0.1) is 0 Å². The van der Waals surface area contributed by atoms with Crippen LogP contribution in [0.25, 0.3) is 0 Å². The number of hydrogen-bond donors (Lipinski definition) is 2. The quantitative estimate of drug-likeness (QED) is 0.309. The maximum Gasteiger partial charge on any atom is 0.387 e. The van der Waals surface area contributed by atoms with Gasteiger partial charge in [-0.1, -0.05) is 24.3 Å². The van der Waals surface area contributed by atoms with Crippen LogP contribution >= 0.6 is 24.0 Å². The smallest absolute Gasteiger partial charge is 0.387 e. The maximum atomic E-state index is 12.4. The van der Waals surface area contributed by atoms with Crippen molar-refractivity contribution in [1.82, 2.24) is 5.32 Å². The Kier molecular flexibility index (Phi) is 10.4. The normalized spacial score (nSPS) is 11.0. The molecule has 3 N–H and O–H groups in total. The van der Waals surface area contributed by atoms with Crippen molar-refractivity contribution in [3.8, 4) is 17.2 Å². The summed E-state index contributed by atoms with van der Waals surface area (Å²) in [5.41, 5.74) is 7.42. The first-order chi connectivity index (χ1) is 13.0. The second-order valence-electron chi connectivity index (χ2n) is 5.55. The van der Waals surface area contributed by atoms with Gasteiger partial charge in [0.05, 0.1) is 20.8 Å². The highest BCUT2D eigenvalue weighted by Gasteiger charge is 2.09. The number of alkyl halides is 2. The van der Waals surface area contributed by atoms with E-state index in [1.54, 1.807) is 32.4 Å². The summed E-state index contributed by atoms with van der Waals surface area (Å²) in [6, 6.07) is 12.2. The molecular weight excluding hydrogens is 483 g/mol. The minimum Gasteiger partial charge on any atom is -0.493 e. The molecule has 0 fully saturated rings. The number of nitrogens with zero attached hydrogens (tertiary/aromatic N) is 1. The number of guanidine groups is 1. The van der Waals surface area contributed by atoms with Crippen molar-refractivity contribution in [3.63, 3.8) is 0 Å². The molecule has 2 aromatic rings. The summed E-state index contributed by atoms with van der Waals surface area (Å²) in [6.45, 7) is -2.19. The summed E-state index contributed by atoms with van der Waals surface area (Å²) in [7, 11) is 3.17. The van der Waals surface area contributed by atoms with Crippen molar-refractivity contribution in [3.05, 3.63) is 53.6 Å². The molecule has 0 unspecified atom stereocenters. The number of para-hydroxylation sites is 1. The highest BCUT2D eigenvalue weighted by Crippen LogP contribution is 2.27. The second kappa shape index (κ2) is 12.2. The molecule has 0 saturated heterocycles. The zero-order chi connectivity index (χ0) is 19.6. The van der Waals surface area contributed by atoms with Crippen molar-refractivity contribution in [2.75, 3.05) is 20.8 Å². The molecule has 28 heavy (non-hydrogen) atoms. The van der Waals surface area contributed by atoms with Crippen LogP contribution in [-0.2, 0) is 13.0 Å². The van der Waals surface area contributed by atoms with Crippen molar-refractivity contribution in [2.45, 2.75) is 19.6 Å². The molecule has 0 aromatic heterocycles. The lowest BCUT2D eigenvalue weighted by Gasteiger charge is -2.11. The number of halogens is 3. The summed E-state index contributed by atoms with van der Waals surface area (Å²) in [5, 5.41) is 2.99. The van der Waals surface area contributed by atoms with Gasteiger partial charge in [-0.05, 0) is 30.2 Å². The topological polar surface area (TPSA) is 78.1 Å². The molecule has 0 aliphatic carbocycles. The zero-order valence-corrected chi connectivity index (χ0v) is 18.0. The number of aliphatic imine (C=N–C) groups is 1. The van der Waals surface area contributed by atoms with Crippen molar-refractivity contribution >= 4 is 29.9 Å².